The molecule has 3 aromatic rings. The lowest BCUT2D eigenvalue weighted by atomic mass is 9.81. The van der Waals surface area contributed by atoms with Crippen LogP contribution in [0.4, 0.5) is 42.2 Å². The van der Waals surface area contributed by atoms with E-state index >= 15 is 0 Å². The third kappa shape index (κ3) is 6.19. The van der Waals surface area contributed by atoms with Crippen molar-refractivity contribution in [3.05, 3.63) is 76.7 Å². The summed E-state index contributed by atoms with van der Waals surface area (Å²) < 4.78 is 96.0. The van der Waals surface area contributed by atoms with Crippen LogP contribution in [0.25, 0.3) is 11.1 Å². The fourth-order valence-electron chi connectivity index (χ4n) is 5.29. The van der Waals surface area contributed by atoms with Gasteiger partial charge in [0, 0.05) is 19.2 Å². The van der Waals surface area contributed by atoms with E-state index in [0.29, 0.717) is 42.0 Å². The van der Waals surface area contributed by atoms with Crippen LogP contribution in [0.5, 0.6) is 0 Å². The van der Waals surface area contributed by atoms with Crippen LogP contribution in [0.2, 0.25) is 0 Å². The molecule has 43 heavy (non-hydrogen) atoms. The first kappa shape index (κ1) is 32.2. The zero-order valence-electron chi connectivity index (χ0n) is 23.7. The zero-order chi connectivity index (χ0) is 32.1. The second-order valence-corrected chi connectivity index (χ2v) is 11.1. The van der Waals surface area contributed by atoms with Crippen molar-refractivity contribution in [3.63, 3.8) is 0 Å². The molecular weight excluding hydrogens is 583 g/mol. The van der Waals surface area contributed by atoms with Crippen molar-refractivity contribution in [2.75, 3.05) is 30.0 Å². The normalized spacial score (nSPS) is 17.8. The van der Waals surface area contributed by atoms with Crippen LogP contribution in [-0.4, -0.2) is 53.4 Å². The Kier molecular flexibility index (Phi) is 8.55. The molecule has 2 heterocycles. The fourth-order valence-corrected chi connectivity index (χ4v) is 5.29. The molecule has 1 aliphatic rings. The maximum Gasteiger partial charge on any atom is 0.416 e. The summed E-state index contributed by atoms with van der Waals surface area (Å²) in [6, 6.07) is 6.20. The molecule has 6 nitrogen and oxygen atoms in total. The van der Waals surface area contributed by atoms with Crippen molar-refractivity contribution >= 4 is 17.4 Å². The largest absolute Gasteiger partial charge is 0.416 e. The highest BCUT2D eigenvalue weighted by Gasteiger charge is 2.41. The topological polar surface area (TPSA) is 76.9 Å². The summed E-state index contributed by atoms with van der Waals surface area (Å²) in [6.45, 7) is 3.92. The quantitative estimate of drug-likeness (QED) is 0.329. The number of aromatic nitrogens is 1. The summed E-state index contributed by atoms with van der Waals surface area (Å²) in [5, 5.41) is 20.1. The number of halogens is 7. The van der Waals surface area contributed by atoms with Crippen molar-refractivity contribution in [1.29, 1.82) is 0 Å². The standard InChI is InChI=1S/C30H30F7N3O3/c1-16-20(6-5-7-22(16)31)21-13-26(40-9-8-25(42)24(40)15-41)38-14-23(21)39(4)27(43)28(2,3)17-10-18(29(32,33)34)12-19(11-17)30(35,36)37/h5-7,10-14,24-25,41-42H,8-9,15H2,1-4H3/t24-,25+/m1/s1. The van der Waals surface area contributed by atoms with Gasteiger partial charge in [-0.1, -0.05) is 12.1 Å². The molecule has 1 amide bonds. The molecule has 0 aliphatic carbocycles. The number of benzene rings is 2. The number of carbonyl (C=O) groups is 1. The highest BCUT2D eigenvalue weighted by molar-refractivity contribution is 6.03. The van der Waals surface area contributed by atoms with E-state index in [4.69, 9.17) is 0 Å². The Hall–Kier alpha value is -3.71. The summed E-state index contributed by atoms with van der Waals surface area (Å²) in [4.78, 5) is 21.0. The summed E-state index contributed by atoms with van der Waals surface area (Å²) >= 11 is 0. The zero-order valence-corrected chi connectivity index (χ0v) is 23.7. The smallest absolute Gasteiger partial charge is 0.394 e. The van der Waals surface area contributed by atoms with E-state index in [1.807, 2.05) is 0 Å². The minimum atomic E-state index is -5.10. The number of hydrogen-bond acceptors (Lipinski definition) is 5. The number of likely N-dealkylation sites (N-methyl/N-ethyl adjacent to an activating group) is 1. The van der Waals surface area contributed by atoms with Crippen molar-refractivity contribution in [3.8, 4) is 11.1 Å². The van der Waals surface area contributed by atoms with Gasteiger partial charge in [0.1, 0.15) is 11.6 Å². The van der Waals surface area contributed by atoms with Crippen LogP contribution in [0.3, 0.4) is 0 Å². The number of hydrogen-bond donors (Lipinski definition) is 2. The van der Waals surface area contributed by atoms with E-state index in [2.05, 4.69) is 4.98 Å². The molecule has 0 radical (unpaired) electrons. The van der Waals surface area contributed by atoms with Gasteiger partial charge in [-0.2, -0.15) is 26.3 Å². The van der Waals surface area contributed by atoms with Crippen LogP contribution in [0.1, 0.15) is 42.5 Å². The molecule has 0 spiro atoms. The van der Waals surface area contributed by atoms with Gasteiger partial charge in [0.15, 0.2) is 0 Å². The number of anilines is 2. The number of nitrogens with zero attached hydrogens (tertiary/aromatic N) is 3. The van der Waals surface area contributed by atoms with Gasteiger partial charge in [0.25, 0.3) is 0 Å². The van der Waals surface area contributed by atoms with Crippen molar-refractivity contribution in [2.24, 2.45) is 0 Å². The van der Waals surface area contributed by atoms with E-state index in [0.717, 1.165) is 4.90 Å². The highest BCUT2D eigenvalue weighted by atomic mass is 19.4. The first-order valence-corrected chi connectivity index (χ1v) is 13.3. The predicted molar refractivity (Wildman–Crippen MR) is 146 cm³/mol. The van der Waals surface area contributed by atoms with Crippen LogP contribution < -0.4 is 9.80 Å². The first-order valence-electron chi connectivity index (χ1n) is 13.3. The summed E-state index contributed by atoms with van der Waals surface area (Å²) in [6.07, 6.45) is -9.39. The fraction of sp³-hybridized carbons (Fsp3) is 0.400. The third-order valence-electron chi connectivity index (χ3n) is 7.93. The molecule has 1 saturated heterocycles. The van der Waals surface area contributed by atoms with Gasteiger partial charge in [-0.05, 0) is 74.2 Å². The van der Waals surface area contributed by atoms with Gasteiger partial charge in [-0.3, -0.25) is 4.79 Å². The average molecular weight is 614 g/mol. The van der Waals surface area contributed by atoms with Crippen molar-refractivity contribution < 1.29 is 45.7 Å². The average Bonchev–Trinajstić information content (AvgIpc) is 3.32. The second kappa shape index (κ2) is 11.4. The Morgan fingerprint density at radius 1 is 1.00 bits per heavy atom. The maximum atomic E-state index is 14.6. The molecule has 2 atom stereocenters. The summed E-state index contributed by atoms with van der Waals surface area (Å²) in [7, 11) is 1.30. The van der Waals surface area contributed by atoms with Gasteiger partial charge in [-0.25, -0.2) is 9.37 Å². The number of amides is 1. The minimum Gasteiger partial charge on any atom is -0.394 e. The molecule has 13 heteroatoms. The predicted octanol–water partition coefficient (Wildman–Crippen LogP) is 6.11. The van der Waals surface area contributed by atoms with E-state index in [9.17, 15) is 45.7 Å². The minimum absolute atomic E-state index is 0.00379. The molecule has 2 N–H and O–H groups in total. The van der Waals surface area contributed by atoms with Crippen LogP contribution in [0, 0.1) is 12.7 Å². The third-order valence-corrected chi connectivity index (χ3v) is 7.93. The molecule has 0 saturated carbocycles. The summed E-state index contributed by atoms with van der Waals surface area (Å²) in [5.74, 6) is -1.09. The highest BCUT2D eigenvalue weighted by Crippen LogP contribution is 2.42. The van der Waals surface area contributed by atoms with Gasteiger partial charge in [-0.15, -0.1) is 0 Å². The molecule has 0 bridgehead atoms. The summed E-state index contributed by atoms with van der Waals surface area (Å²) in [5.41, 5.74) is -4.50. The lowest BCUT2D eigenvalue weighted by Crippen LogP contribution is -2.42. The number of pyridine rings is 1. The molecular formula is C30H30F7N3O3. The first-order chi connectivity index (χ1) is 19.9. The Labute approximate surface area is 243 Å². The van der Waals surface area contributed by atoms with Gasteiger partial charge < -0.3 is 20.0 Å². The van der Waals surface area contributed by atoms with E-state index in [1.165, 1.54) is 46.1 Å². The van der Waals surface area contributed by atoms with Gasteiger partial charge in [0.05, 0.1) is 47.2 Å². The van der Waals surface area contributed by atoms with Crippen LogP contribution in [-0.2, 0) is 22.6 Å². The Morgan fingerprint density at radius 3 is 2.14 bits per heavy atom. The van der Waals surface area contributed by atoms with Crippen LogP contribution >= 0.6 is 0 Å². The lowest BCUT2D eigenvalue weighted by Gasteiger charge is -2.32. The molecule has 232 valence electrons. The van der Waals surface area contributed by atoms with Crippen molar-refractivity contribution in [1.82, 2.24) is 4.98 Å². The Bertz CT molecular complexity index is 1490. The molecule has 1 fully saturated rings. The molecule has 4 rings (SSSR count). The Balaban J connectivity index is 1.85. The second-order valence-electron chi connectivity index (χ2n) is 11.1. The van der Waals surface area contributed by atoms with Crippen molar-refractivity contribution in [2.45, 2.75) is 57.1 Å². The number of aliphatic hydroxyl groups is 2. The monoisotopic (exact) mass is 613 g/mol. The molecule has 1 aromatic heterocycles. The number of rotatable bonds is 6. The number of alkyl halides is 6. The Morgan fingerprint density at radius 2 is 1.58 bits per heavy atom. The van der Waals surface area contributed by atoms with Crippen LogP contribution in [0.15, 0.2) is 48.7 Å². The van der Waals surface area contributed by atoms with Gasteiger partial charge in [0.2, 0.25) is 5.91 Å². The van der Waals surface area contributed by atoms with E-state index in [1.54, 1.807) is 17.0 Å². The maximum absolute atomic E-state index is 14.6. The van der Waals surface area contributed by atoms with E-state index < -0.39 is 58.3 Å². The SMILES string of the molecule is Cc1c(F)cccc1-c1cc(N2CC[C@H](O)[C@H]2CO)ncc1N(C)C(=O)C(C)(C)c1cc(C(F)(F)F)cc(C(F)(F)F)c1. The lowest BCUT2D eigenvalue weighted by molar-refractivity contribution is -0.143. The number of carbonyl (C=O) groups excluding carboxylic acids is 1. The molecule has 1 aliphatic heterocycles. The van der Waals surface area contributed by atoms with E-state index in [-0.39, 0.29) is 23.9 Å². The van der Waals surface area contributed by atoms with Gasteiger partial charge >= 0.3 is 12.4 Å². The molecule has 0 unspecified atom stereocenters. The number of aliphatic hydroxyl groups excluding tert-OH is 2. The molecule has 2 aromatic carbocycles.